The second-order valence-corrected chi connectivity index (χ2v) is 5.65. The third kappa shape index (κ3) is 3.47. The van der Waals surface area contributed by atoms with E-state index < -0.39 is 0 Å². The summed E-state index contributed by atoms with van der Waals surface area (Å²) in [6.07, 6.45) is 0. The van der Waals surface area contributed by atoms with Gasteiger partial charge in [0.05, 0.1) is 11.4 Å². The lowest BCUT2D eigenvalue weighted by atomic mass is 10.3. The van der Waals surface area contributed by atoms with E-state index in [4.69, 9.17) is 0 Å². The van der Waals surface area contributed by atoms with Crippen molar-refractivity contribution >= 4 is 61.9 Å². The summed E-state index contributed by atoms with van der Waals surface area (Å²) in [4.78, 5) is 3.39. The summed E-state index contributed by atoms with van der Waals surface area (Å²) < 4.78 is 0. The number of benzene rings is 2. The number of hydrogen-bond donors (Lipinski definition) is 6. The summed E-state index contributed by atoms with van der Waals surface area (Å²) in [5.41, 5.74) is 7.91. The van der Waals surface area contributed by atoms with Crippen molar-refractivity contribution in [2.75, 3.05) is 10.9 Å². The Kier molecular flexibility index (Phi) is 4.66. The highest BCUT2D eigenvalue weighted by atomic mass is 32.1. The van der Waals surface area contributed by atoms with Crippen molar-refractivity contribution in [3.05, 3.63) is 36.4 Å². The van der Waals surface area contributed by atoms with Gasteiger partial charge in [-0.15, -0.1) is 50.5 Å². The van der Waals surface area contributed by atoms with Crippen LogP contribution in [0.15, 0.2) is 56.0 Å². The Bertz CT molecular complexity index is 520. The molecule has 94 valence electrons. The lowest BCUT2D eigenvalue weighted by Gasteiger charge is -2.13. The van der Waals surface area contributed by atoms with E-state index in [-0.39, 0.29) is 0 Å². The van der Waals surface area contributed by atoms with Crippen LogP contribution >= 0.6 is 50.5 Å². The first kappa shape index (κ1) is 13.9. The zero-order valence-corrected chi connectivity index (χ0v) is 12.8. The number of anilines is 2. The molecule has 0 aromatic heterocycles. The van der Waals surface area contributed by atoms with Crippen LogP contribution in [-0.2, 0) is 0 Å². The molecular weight excluding hydrogens is 300 g/mol. The largest absolute Gasteiger partial charge is 0.300 e. The Balaban J connectivity index is 2.11. The standard InChI is InChI=1S/C12H12N2S4/c15-7-1-3-9(11(17)5-7)13-14-10-4-2-8(16)6-12(10)18/h1-6,13-18H. The topological polar surface area (TPSA) is 24.1 Å². The molecule has 0 saturated carbocycles. The maximum atomic E-state index is 4.37. The van der Waals surface area contributed by atoms with Gasteiger partial charge in [0.15, 0.2) is 0 Å². The normalized spacial score (nSPS) is 10.2. The van der Waals surface area contributed by atoms with Gasteiger partial charge in [0.2, 0.25) is 0 Å². The van der Waals surface area contributed by atoms with Gasteiger partial charge in [0, 0.05) is 19.6 Å². The van der Waals surface area contributed by atoms with Crippen LogP contribution in [0.25, 0.3) is 0 Å². The molecule has 0 aliphatic rings. The van der Waals surface area contributed by atoms with Gasteiger partial charge in [-0.3, -0.25) is 10.9 Å². The monoisotopic (exact) mass is 312 g/mol. The van der Waals surface area contributed by atoms with Gasteiger partial charge in [-0.1, -0.05) is 0 Å². The van der Waals surface area contributed by atoms with Gasteiger partial charge in [-0.05, 0) is 36.4 Å². The molecule has 0 unspecified atom stereocenters. The molecule has 0 radical (unpaired) electrons. The first-order valence-electron chi connectivity index (χ1n) is 5.12. The summed E-state index contributed by atoms with van der Waals surface area (Å²) >= 11 is 17.2. The van der Waals surface area contributed by atoms with Crippen molar-refractivity contribution in [1.29, 1.82) is 0 Å². The predicted octanol–water partition coefficient (Wildman–Crippen LogP) is 4.28. The predicted molar refractivity (Wildman–Crippen MR) is 89.1 cm³/mol. The zero-order chi connectivity index (χ0) is 13.1. The van der Waals surface area contributed by atoms with Crippen LogP contribution < -0.4 is 10.9 Å². The fraction of sp³-hybridized carbons (Fsp3) is 0. The highest BCUT2D eigenvalue weighted by Gasteiger charge is 2.01. The molecule has 0 spiro atoms. The molecule has 0 aliphatic heterocycles. The van der Waals surface area contributed by atoms with E-state index in [2.05, 4.69) is 61.4 Å². The van der Waals surface area contributed by atoms with E-state index in [0.29, 0.717) is 0 Å². The minimum atomic E-state index is 0.821. The van der Waals surface area contributed by atoms with Crippen LogP contribution in [0.4, 0.5) is 11.4 Å². The Morgan fingerprint density at radius 3 is 1.33 bits per heavy atom. The highest BCUT2D eigenvalue weighted by molar-refractivity contribution is 7.81. The lowest BCUT2D eigenvalue weighted by molar-refractivity contribution is 1.26. The molecule has 0 heterocycles. The summed E-state index contributed by atoms with van der Waals surface area (Å²) in [6, 6.07) is 11.3. The fourth-order valence-electron chi connectivity index (χ4n) is 1.39. The average Bonchev–Trinajstić information content (AvgIpc) is 2.30. The molecule has 0 aliphatic carbocycles. The van der Waals surface area contributed by atoms with Gasteiger partial charge in [-0.25, -0.2) is 0 Å². The molecule has 0 fully saturated rings. The number of nitrogens with one attached hydrogen (secondary N) is 2. The van der Waals surface area contributed by atoms with Gasteiger partial charge < -0.3 is 0 Å². The second kappa shape index (κ2) is 6.06. The van der Waals surface area contributed by atoms with Crippen molar-refractivity contribution in [3.63, 3.8) is 0 Å². The van der Waals surface area contributed by atoms with Gasteiger partial charge in [0.25, 0.3) is 0 Å². The summed E-state index contributed by atoms with van der Waals surface area (Å²) in [6.45, 7) is 0. The van der Waals surface area contributed by atoms with Gasteiger partial charge in [0.1, 0.15) is 0 Å². The molecule has 0 bridgehead atoms. The Morgan fingerprint density at radius 2 is 1.00 bits per heavy atom. The van der Waals surface area contributed by atoms with E-state index in [1.807, 2.05) is 36.4 Å². The van der Waals surface area contributed by atoms with Crippen LogP contribution in [0.1, 0.15) is 0 Å². The minimum absolute atomic E-state index is 0.821. The van der Waals surface area contributed by atoms with E-state index in [1.54, 1.807) is 0 Å². The van der Waals surface area contributed by atoms with Gasteiger partial charge >= 0.3 is 0 Å². The molecule has 2 aromatic carbocycles. The Morgan fingerprint density at radius 1 is 0.611 bits per heavy atom. The molecule has 0 saturated heterocycles. The summed E-state index contributed by atoms with van der Waals surface area (Å²) in [5, 5.41) is 0. The third-order valence-electron chi connectivity index (χ3n) is 2.29. The zero-order valence-electron chi connectivity index (χ0n) is 9.25. The lowest BCUT2D eigenvalue weighted by Crippen LogP contribution is -2.09. The number of hydrogen-bond acceptors (Lipinski definition) is 6. The maximum Gasteiger partial charge on any atom is 0.0673 e. The van der Waals surface area contributed by atoms with Crippen LogP contribution in [0.3, 0.4) is 0 Å². The highest BCUT2D eigenvalue weighted by Crippen LogP contribution is 2.26. The van der Waals surface area contributed by atoms with E-state index in [1.165, 1.54) is 0 Å². The Labute approximate surface area is 128 Å². The van der Waals surface area contributed by atoms with Crippen molar-refractivity contribution in [1.82, 2.24) is 0 Å². The summed E-state index contributed by atoms with van der Waals surface area (Å²) in [5.74, 6) is 0. The van der Waals surface area contributed by atoms with Crippen molar-refractivity contribution in [3.8, 4) is 0 Å². The molecule has 0 amide bonds. The Hall–Kier alpha value is -0.560. The van der Waals surface area contributed by atoms with Crippen molar-refractivity contribution in [2.24, 2.45) is 0 Å². The molecule has 2 nitrogen and oxygen atoms in total. The van der Waals surface area contributed by atoms with Crippen molar-refractivity contribution < 1.29 is 0 Å². The van der Waals surface area contributed by atoms with Crippen molar-refractivity contribution in [2.45, 2.75) is 19.6 Å². The first-order chi connectivity index (χ1) is 8.56. The second-order valence-electron chi connectivity index (χ2n) is 3.65. The summed E-state index contributed by atoms with van der Waals surface area (Å²) in [7, 11) is 0. The third-order valence-corrected chi connectivity index (χ3v) is 3.59. The molecule has 2 N–H and O–H groups in total. The molecule has 2 aromatic rings. The average molecular weight is 313 g/mol. The molecular formula is C12H12N2S4. The first-order valence-corrected chi connectivity index (χ1v) is 6.91. The number of rotatable bonds is 3. The smallest absolute Gasteiger partial charge is 0.0673 e. The van der Waals surface area contributed by atoms with Crippen LogP contribution in [0.5, 0.6) is 0 Å². The van der Waals surface area contributed by atoms with E-state index in [0.717, 1.165) is 31.0 Å². The quantitative estimate of drug-likeness (QED) is 0.376. The SMILES string of the molecule is Sc1ccc(NNc2ccc(S)cc2S)c(S)c1. The van der Waals surface area contributed by atoms with Crippen LogP contribution in [0.2, 0.25) is 0 Å². The molecule has 18 heavy (non-hydrogen) atoms. The minimum Gasteiger partial charge on any atom is -0.300 e. The number of thiol groups is 4. The van der Waals surface area contributed by atoms with Crippen LogP contribution in [-0.4, -0.2) is 0 Å². The molecule has 2 rings (SSSR count). The maximum absolute atomic E-state index is 4.37. The number of hydrazine groups is 1. The van der Waals surface area contributed by atoms with Crippen LogP contribution in [0, 0.1) is 0 Å². The van der Waals surface area contributed by atoms with E-state index >= 15 is 0 Å². The fourth-order valence-corrected chi connectivity index (χ4v) is 2.54. The van der Waals surface area contributed by atoms with E-state index in [9.17, 15) is 0 Å². The molecule has 0 atom stereocenters. The molecule has 6 heteroatoms. The van der Waals surface area contributed by atoms with Gasteiger partial charge in [-0.2, -0.15) is 0 Å².